The molecule has 4 aromatic rings. The summed E-state index contributed by atoms with van der Waals surface area (Å²) in [5.74, 6) is 1.70. The van der Waals surface area contributed by atoms with Crippen LogP contribution < -0.4 is 9.47 Å². The van der Waals surface area contributed by atoms with Crippen molar-refractivity contribution in [2.75, 3.05) is 7.11 Å². The molecule has 0 radical (unpaired) electrons. The first-order valence-corrected chi connectivity index (χ1v) is 8.50. The van der Waals surface area contributed by atoms with Crippen LogP contribution in [0.3, 0.4) is 0 Å². The summed E-state index contributed by atoms with van der Waals surface area (Å²) in [6.07, 6.45) is 1.44. The zero-order valence-corrected chi connectivity index (χ0v) is 15.2. The monoisotopic (exact) mass is 385 g/mol. The fraction of sp³-hybridized carbons (Fsp3) is 0.0526. The van der Waals surface area contributed by atoms with Crippen molar-refractivity contribution >= 4 is 34.2 Å². The molecule has 5 nitrogen and oxygen atoms in total. The Morgan fingerprint density at radius 1 is 0.923 bits per heavy atom. The first kappa shape index (κ1) is 16.7. The van der Waals surface area contributed by atoms with Gasteiger partial charge < -0.3 is 14.5 Å². The molecule has 0 fully saturated rings. The molecule has 4 rings (SSSR count). The number of methoxy groups -OCH3 is 1. The van der Waals surface area contributed by atoms with Gasteiger partial charge in [0.05, 0.1) is 12.5 Å². The number of nitrogens with one attached hydrogen (secondary N) is 1. The van der Waals surface area contributed by atoms with E-state index in [9.17, 15) is 0 Å². The van der Waals surface area contributed by atoms with Crippen molar-refractivity contribution in [1.29, 1.82) is 0 Å². The topological polar surface area (TPSA) is 60.0 Å². The van der Waals surface area contributed by atoms with Crippen molar-refractivity contribution in [1.82, 2.24) is 15.0 Å². The summed E-state index contributed by atoms with van der Waals surface area (Å²) in [6, 6.07) is 14.7. The minimum Gasteiger partial charge on any atom is -0.497 e. The molecule has 0 amide bonds. The standard InChI is InChI=1S/C19H13Cl2N3O2/c1-25-14-4-2-3-11(5-14)17-9-16-18(24-17)22-10-23-19(16)26-15-7-12(20)6-13(21)8-15/h2-10H,1H3,(H,22,23,24). The Morgan fingerprint density at radius 3 is 2.50 bits per heavy atom. The van der Waals surface area contributed by atoms with Gasteiger partial charge in [-0.2, -0.15) is 0 Å². The Labute approximate surface area is 159 Å². The molecule has 26 heavy (non-hydrogen) atoms. The smallest absolute Gasteiger partial charge is 0.231 e. The maximum atomic E-state index is 6.03. The van der Waals surface area contributed by atoms with Gasteiger partial charge in [-0.1, -0.05) is 35.3 Å². The van der Waals surface area contributed by atoms with Crippen molar-refractivity contribution in [3.8, 4) is 28.6 Å². The fourth-order valence-corrected chi connectivity index (χ4v) is 3.15. The molecule has 0 spiro atoms. The van der Waals surface area contributed by atoms with Crippen molar-refractivity contribution in [2.45, 2.75) is 0 Å². The maximum absolute atomic E-state index is 6.03. The summed E-state index contributed by atoms with van der Waals surface area (Å²) >= 11 is 12.1. The van der Waals surface area contributed by atoms with Gasteiger partial charge >= 0.3 is 0 Å². The summed E-state index contributed by atoms with van der Waals surface area (Å²) in [4.78, 5) is 11.8. The number of hydrogen-bond acceptors (Lipinski definition) is 4. The molecule has 0 unspecified atom stereocenters. The molecule has 0 atom stereocenters. The van der Waals surface area contributed by atoms with E-state index in [0.717, 1.165) is 22.4 Å². The Bertz CT molecular complexity index is 1080. The highest BCUT2D eigenvalue weighted by atomic mass is 35.5. The van der Waals surface area contributed by atoms with Gasteiger partial charge in [0, 0.05) is 21.3 Å². The zero-order chi connectivity index (χ0) is 18.1. The average molecular weight is 386 g/mol. The number of fused-ring (bicyclic) bond motifs is 1. The molecular formula is C19H13Cl2N3O2. The number of H-pyrrole nitrogens is 1. The van der Waals surface area contributed by atoms with Crippen LogP contribution in [0.2, 0.25) is 10.0 Å². The number of rotatable bonds is 4. The molecule has 0 aliphatic carbocycles. The number of aromatic amines is 1. The molecule has 0 bridgehead atoms. The lowest BCUT2D eigenvalue weighted by atomic mass is 10.1. The maximum Gasteiger partial charge on any atom is 0.231 e. The molecule has 1 N–H and O–H groups in total. The molecule has 2 heterocycles. The van der Waals surface area contributed by atoms with Gasteiger partial charge in [-0.05, 0) is 36.4 Å². The average Bonchev–Trinajstić information content (AvgIpc) is 3.06. The van der Waals surface area contributed by atoms with Crippen LogP contribution >= 0.6 is 23.2 Å². The largest absolute Gasteiger partial charge is 0.497 e. The second-order valence-electron chi connectivity index (χ2n) is 5.56. The number of hydrogen-bond donors (Lipinski definition) is 1. The van der Waals surface area contributed by atoms with E-state index in [1.165, 1.54) is 6.33 Å². The second-order valence-corrected chi connectivity index (χ2v) is 6.44. The Morgan fingerprint density at radius 2 is 1.73 bits per heavy atom. The van der Waals surface area contributed by atoms with Crippen LogP contribution in [0.4, 0.5) is 0 Å². The lowest BCUT2D eigenvalue weighted by molar-refractivity contribution is 0.415. The van der Waals surface area contributed by atoms with Crippen LogP contribution in [0.25, 0.3) is 22.3 Å². The van der Waals surface area contributed by atoms with Crippen LogP contribution in [-0.4, -0.2) is 22.1 Å². The summed E-state index contributed by atoms with van der Waals surface area (Å²) < 4.78 is 11.2. The van der Waals surface area contributed by atoms with Crippen molar-refractivity contribution < 1.29 is 9.47 Å². The zero-order valence-electron chi connectivity index (χ0n) is 13.7. The number of aromatic nitrogens is 3. The third kappa shape index (κ3) is 3.31. The Kier molecular flexibility index (Phi) is 4.41. The third-order valence-electron chi connectivity index (χ3n) is 3.82. The highest BCUT2D eigenvalue weighted by Crippen LogP contribution is 2.33. The molecule has 0 saturated carbocycles. The van der Waals surface area contributed by atoms with Crippen LogP contribution in [0.15, 0.2) is 54.9 Å². The quantitative estimate of drug-likeness (QED) is 0.486. The number of halogens is 2. The normalized spacial score (nSPS) is 10.9. The minimum atomic E-state index is 0.415. The molecule has 2 aromatic heterocycles. The van der Waals surface area contributed by atoms with Crippen molar-refractivity contribution in [3.63, 3.8) is 0 Å². The van der Waals surface area contributed by atoms with E-state index in [1.807, 2.05) is 30.3 Å². The molecule has 0 saturated heterocycles. The molecule has 0 aliphatic heterocycles. The molecule has 0 aliphatic rings. The van der Waals surface area contributed by atoms with E-state index >= 15 is 0 Å². The second kappa shape index (κ2) is 6.86. The lowest BCUT2D eigenvalue weighted by Crippen LogP contribution is -1.90. The first-order chi connectivity index (χ1) is 12.6. The molecular weight excluding hydrogens is 373 g/mol. The van der Waals surface area contributed by atoms with Crippen LogP contribution in [0, 0.1) is 0 Å². The van der Waals surface area contributed by atoms with Gasteiger partial charge in [-0.15, -0.1) is 0 Å². The first-order valence-electron chi connectivity index (χ1n) is 7.74. The predicted molar refractivity (Wildman–Crippen MR) is 102 cm³/mol. The van der Waals surface area contributed by atoms with Gasteiger partial charge in [0.1, 0.15) is 23.5 Å². The molecule has 130 valence electrons. The van der Waals surface area contributed by atoms with Crippen molar-refractivity contribution in [3.05, 3.63) is 64.9 Å². The highest BCUT2D eigenvalue weighted by Gasteiger charge is 2.12. The van der Waals surface area contributed by atoms with Crippen LogP contribution in [-0.2, 0) is 0 Å². The van der Waals surface area contributed by atoms with Gasteiger partial charge in [0.2, 0.25) is 5.88 Å². The van der Waals surface area contributed by atoms with Crippen molar-refractivity contribution in [2.24, 2.45) is 0 Å². The Balaban J connectivity index is 1.76. The van der Waals surface area contributed by atoms with Crippen LogP contribution in [0.1, 0.15) is 0 Å². The fourth-order valence-electron chi connectivity index (χ4n) is 2.64. The summed E-state index contributed by atoms with van der Waals surface area (Å²) in [5, 5.41) is 1.73. The number of benzene rings is 2. The van der Waals surface area contributed by atoms with Gasteiger partial charge in [-0.25, -0.2) is 9.97 Å². The third-order valence-corrected chi connectivity index (χ3v) is 4.26. The predicted octanol–water partition coefficient (Wildman–Crippen LogP) is 5.73. The lowest BCUT2D eigenvalue weighted by Gasteiger charge is -2.06. The van der Waals surface area contributed by atoms with E-state index in [1.54, 1.807) is 25.3 Å². The Hall–Kier alpha value is -2.76. The molecule has 2 aromatic carbocycles. The minimum absolute atomic E-state index is 0.415. The number of nitrogens with zero attached hydrogens (tertiary/aromatic N) is 2. The van der Waals surface area contributed by atoms with E-state index in [-0.39, 0.29) is 0 Å². The van der Waals surface area contributed by atoms with Gasteiger partial charge in [-0.3, -0.25) is 0 Å². The number of ether oxygens (including phenoxy) is 2. The van der Waals surface area contributed by atoms with E-state index in [0.29, 0.717) is 27.3 Å². The van der Waals surface area contributed by atoms with E-state index in [4.69, 9.17) is 32.7 Å². The summed E-state index contributed by atoms with van der Waals surface area (Å²) in [5.41, 5.74) is 2.52. The van der Waals surface area contributed by atoms with Crippen LogP contribution in [0.5, 0.6) is 17.4 Å². The van der Waals surface area contributed by atoms with E-state index in [2.05, 4.69) is 15.0 Å². The van der Waals surface area contributed by atoms with Gasteiger partial charge in [0.15, 0.2) is 0 Å². The molecule has 7 heteroatoms. The summed E-state index contributed by atoms with van der Waals surface area (Å²) in [7, 11) is 1.64. The summed E-state index contributed by atoms with van der Waals surface area (Å²) in [6.45, 7) is 0. The highest BCUT2D eigenvalue weighted by molar-refractivity contribution is 6.34. The van der Waals surface area contributed by atoms with E-state index < -0.39 is 0 Å². The van der Waals surface area contributed by atoms with Gasteiger partial charge in [0.25, 0.3) is 0 Å². The SMILES string of the molecule is COc1cccc(-c2cc3c(Oc4cc(Cl)cc(Cl)c4)ncnc3[nH]2)c1.